The number of rotatable bonds is 2. The van der Waals surface area contributed by atoms with Crippen molar-refractivity contribution in [2.75, 3.05) is 16.4 Å². The summed E-state index contributed by atoms with van der Waals surface area (Å²) in [6.07, 6.45) is 0. The summed E-state index contributed by atoms with van der Waals surface area (Å²) in [5.41, 5.74) is 8.17. The molecule has 104 valence electrons. The Morgan fingerprint density at radius 2 is 1.55 bits per heavy atom. The lowest BCUT2D eigenvalue weighted by Crippen LogP contribution is -2.19. The van der Waals surface area contributed by atoms with E-state index in [1.165, 1.54) is 0 Å². The summed E-state index contributed by atoms with van der Waals surface area (Å²) in [5.74, 6) is 0. The van der Waals surface area contributed by atoms with Crippen molar-refractivity contribution in [2.24, 2.45) is 0 Å². The lowest BCUT2D eigenvalue weighted by atomic mass is 10.2. The van der Waals surface area contributed by atoms with Gasteiger partial charge in [-0.15, -0.1) is 0 Å². The molecular formula is C14H13Cl2N3O. The van der Waals surface area contributed by atoms with Crippen LogP contribution in [-0.2, 0) is 0 Å². The van der Waals surface area contributed by atoms with Crippen molar-refractivity contribution in [1.29, 1.82) is 0 Å². The first-order valence-electron chi connectivity index (χ1n) is 5.85. The van der Waals surface area contributed by atoms with E-state index in [9.17, 15) is 4.79 Å². The molecular weight excluding hydrogens is 297 g/mol. The fourth-order valence-corrected chi connectivity index (χ4v) is 1.93. The van der Waals surface area contributed by atoms with Crippen LogP contribution in [0.5, 0.6) is 0 Å². The quantitative estimate of drug-likeness (QED) is 0.713. The zero-order valence-electron chi connectivity index (χ0n) is 10.7. The van der Waals surface area contributed by atoms with Gasteiger partial charge in [0.2, 0.25) is 0 Å². The summed E-state index contributed by atoms with van der Waals surface area (Å²) in [4.78, 5) is 11.8. The maximum absolute atomic E-state index is 11.8. The van der Waals surface area contributed by atoms with Crippen molar-refractivity contribution in [3.63, 3.8) is 0 Å². The number of halogens is 2. The second-order valence-corrected chi connectivity index (χ2v) is 5.09. The third-order valence-electron chi connectivity index (χ3n) is 2.69. The van der Waals surface area contributed by atoms with Crippen molar-refractivity contribution in [1.82, 2.24) is 0 Å². The van der Waals surface area contributed by atoms with Crippen molar-refractivity contribution >= 4 is 46.3 Å². The lowest BCUT2D eigenvalue weighted by Gasteiger charge is -2.09. The minimum atomic E-state index is -0.384. The highest BCUT2D eigenvalue weighted by molar-refractivity contribution is 6.33. The van der Waals surface area contributed by atoms with Crippen LogP contribution in [0.25, 0.3) is 0 Å². The summed E-state index contributed by atoms with van der Waals surface area (Å²) in [7, 11) is 0. The summed E-state index contributed by atoms with van der Waals surface area (Å²) in [6, 6.07) is 9.79. The molecule has 0 atom stereocenters. The number of anilines is 3. The number of benzene rings is 2. The van der Waals surface area contributed by atoms with Gasteiger partial charge in [0.15, 0.2) is 0 Å². The molecule has 2 aromatic rings. The van der Waals surface area contributed by atoms with Gasteiger partial charge in [-0.25, -0.2) is 4.79 Å². The van der Waals surface area contributed by atoms with Crippen molar-refractivity contribution in [3.05, 3.63) is 52.0 Å². The Morgan fingerprint density at radius 3 is 2.10 bits per heavy atom. The summed E-state index contributed by atoms with van der Waals surface area (Å²) >= 11 is 11.9. The number of carbonyl (C=O) groups is 1. The number of hydrogen-bond donors (Lipinski definition) is 3. The molecule has 0 saturated heterocycles. The number of nitrogens with one attached hydrogen (secondary N) is 2. The first-order chi connectivity index (χ1) is 9.45. The van der Waals surface area contributed by atoms with E-state index in [-0.39, 0.29) is 6.03 Å². The van der Waals surface area contributed by atoms with Gasteiger partial charge in [0, 0.05) is 16.4 Å². The smallest absolute Gasteiger partial charge is 0.323 e. The molecule has 2 aromatic carbocycles. The van der Waals surface area contributed by atoms with Gasteiger partial charge in [-0.3, -0.25) is 0 Å². The molecule has 6 heteroatoms. The van der Waals surface area contributed by atoms with E-state index in [4.69, 9.17) is 28.9 Å². The topological polar surface area (TPSA) is 67.2 Å². The van der Waals surface area contributed by atoms with Crippen molar-refractivity contribution in [3.8, 4) is 0 Å². The molecule has 0 aliphatic heterocycles. The van der Waals surface area contributed by atoms with E-state index in [0.29, 0.717) is 27.1 Å². The SMILES string of the molecule is Cc1ccc(NC(=O)Nc2ccc(N)c(Cl)c2)cc1Cl. The Balaban J connectivity index is 2.04. The number of amides is 2. The number of nitrogen functional groups attached to an aromatic ring is 1. The second-order valence-electron chi connectivity index (χ2n) is 4.28. The first-order valence-corrected chi connectivity index (χ1v) is 6.60. The van der Waals surface area contributed by atoms with E-state index in [1.54, 1.807) is 30.3 Å². The normalized spacial score (nSPS) is 10.2. The van der Waals surface area contributed by atoms with Gasteiger partial charge in [-0.1, -0.05) is 29.3 Å². The number of hydrogen-bond acceptors (Lipinski definition) is 2. The third-order valence-corrected chi connectivity index (χ3v) is 3.42. The second kappa shape index (κ2) is 6.03. The molecule has 0 unspecified atom stereocenters. The Bertz CT molecular complexity index is 603. The van der Waals surface area contributed by atoms with E-state index in [2.05, 4.69) is 10.6 Å². The predicted molar refractivity (Wildman–Crippen MR) is 84.7 cm³/mol. The fourth-order valence-electron chi connectivity index (χ4n) is 1.57. The zero-order chi connectivity index (χ0) is 14.7. The molecule has 0 bridgehead atoms. The Hall–Kier alpha value is -1.91. The van der Waals surface area contributed by atoms with Gasteiger partial charge in [0.25, 0.3) is 0 Å². The number of aryl methyl sites for hydroxylation is 1. The molecule has 20 heavy (non-hydrogen) atoms. The average Bonchev–Trinajstić information content (AvgIpc) is 2.38. The molecule has 2 rings (SSSR count). The Kier molecular flexibility index (Phi) is 4.37. The van der Waals surface area contributed by atoms with Gasteiger partial charge >= 0.3 is 6.03 Å². The molecule has 0 radical (unpaired) electrons. The maximum atomic E-state index is 11.8. The van der Waals surface area contributed by atoms with Crippen molar-refractivity contribution < 1.29 is 4.79 Å². The highest BCUT2D eigenvalue weighted by Crippen LogP contribution is 2.23. The minimum Gasteiger partial charge on any atom is -0.398 e. The summed E-state index contributed by atoms with van der Waals surface area (Å²) in [5, 5.41) is 6.33. The van der Waals surface area contributed by atoms with Gasteiger partial charge in [-0.2, -0.15) is 0 Å². The van der Waals surface area contributed by atoms with Crippen LogP contribution in [-0.4, -0.2) is 6.03 Å². The molecule has 4 nitrogen and oxygen atoms in total. The molecule has 0 spiro atoms. The zero-order valence-corrected chi connectivity index (χ0v) is 12.2. The van der Waals surface area contributed by atoms with Crippen LogP contribution in [0.15, 0.2) is 36.4 Å². The molecule has 2 amide bonds. The third kappa shape index (κ3) is 3.56. The number of carbonyl (C=O) groups excluding carboxylic acids is 1. The van der Waals surface area contributed by atoms with Crippen LogP contribution in [0.2, 0.25) is 10.0 Å². The number of nitrogens with two attached hydrogens (primary N) is 1. The van der Waals surface area contributed by atoms with Gasteiger partial charge < -0.3 is 16.4 Å². The predicted octanol–water partition coefficient (Wildman–Crippen LogP) is 4.53. The average molecular weight is 310 g/mol. The first kappa shape index (κ1) is 14.5. The Morgan fingerprint density at radius 1 is 1.00 bits per heavy atom. The largest absolute Gasteiger partial charge is 0.398 e. The van der Waals surface area contributed by atoms with E-state index >= 15 is 0 Å². The molecule has 0 aromatic heterocycles. The monoisotopic (exact) mass is 309 g/mol. The van der Waals surface area contributed by atoms with E-state index in [1.807, 2.05) is 13.0 Å². The van der Waals surface area contributed by atoms with Gasteiger partial charge in [-0.05, 0) is 42.8 Å². The van der Waals surface area contributed by atoms with Gasteiger partial charge in [0.1, 0.15) is 0 Å². The maximum Gasteiger partial charge on any atom is 0.323 e. The summed E-state index contributed by atoms with van der Waals surface area (Å²) in [6.45, 7) is 1.89. The van der Waals surface area contributed by atoms with Crippen LogP contribution >= 0.6 is 23.2 Å². The highest BCUT2D eigenvalue weighted by atomic mass is 35.5. The van der Waals surface area contributed by atoms with Crippen LogP contribution in [0, 0.1) is 6.92 Å². The van der Waals surface area contributed by atoms with Crippen LogP contribution in [0.1, 0.15) is 5.56 Å². The van der Waals surface area contributed by atoms with Crippen LogP contribution in [0.3, 0.4) is 0 Å². The van der Waals surface area contributed by atoms with Crippen LogP contribution in [0.4, 0.5) is 21.9 Å². The number of urea groups is 1. The standard InChI is InChI=1S/C14H13Cl2N3O/c1-8-2-3-9(6-11(8)15)18-14(20)19-10-4-5-13(17)12(16)7-10/h2-7H,17H2,1H3,(H2,18,19,20). The molecule has 0 aliphatic carbocycles. The molecule has 0 aliphatic rings. The molecule has 0 saturated carbocycles. The van der Waals surface area contributed by atoms with Crippen LogP contribution < -0.4 is 16.4 Å². The highest BCUT2D eigenvalue weighted by Gasteiger charge is 2.05. The summed E-state index contributed by atoms with van der Waals surface area (Å²) < 4.78 is 0. The Labute approximate surface area is 126 Å². The van der Waals surface area contributed by atoms with E-state index < -0.39 is 0 Å². The molecule has 4 N–H and O–H groups in total. The minimum absolute atomic E-state index is 0.384. The van der Waals surface area contributed by atoms with E-state index in [0.717, 1.165) is 5.56 Å². The molecule has 0 heterocycles. The van der Waals surface area contributed by atoms with Crippen molar-refractivity contribution in [2.45, 2.75) is 6.92 Å². The molecule has 0 fully saturated rings. The lowest BCUT2D eigenvalue weighted by molar-refractivity contribution is 0.262. The fraction of sp³-hybridized carbons (Fsp3) is 0.0714. The van der Waals surface area contributed by atoms with Gasteiger partial charge in [0.05, 0.1) is 10.7 Å².